The number of hydrogen-bond donors (Lipinski definition) is 3. The molecule has 122 valence electrons. The fourth-order valence-corrected chi connectivity index (χ4v) is 3.26. The molecule has 0 amide bonds. The largest absolute Gasteiger partial charge is 0.478 e. The second-order valence-corrected chi connectivity index (χ2v) is 5.75. The minimum atomic E-state index is -1.63. The summed E-state index contributed by atoms with van der Waals surface area (Å²) in [5.74, 6) is -1.41. The van der Waals surface area contributed by atoms with Crippen molar-refractivity contribution in [3.63, 3.8) is 0 Å². The van der Waals surface area contributed by atoms with Crippen molar-refractivity contribution in [2.24, 2.45) is 7.05 Å². The standard InChI is InChI=1S/C17H13NO6/c1-18-8-5-3-2-4-7(8)15-13(16(18)21)11-10(24-15)6-9(19)14(20)12(11)17(22)23/h2-6,9,14,19-20H,1H3,(H,22,23). The van der Waals surface area contributed by atoms with Crippen molar-refractivity contribution in [1.82, 2.24) is 4.57 Å². The van der Waals surface area contributed by atoms with Crippen molar-refractivity contribution in [2.75, 3.05) is 0 Å². The second-order valence-electron chi connectivity index (χ2n) is 5.75. The molecule has 7 nitrogen and oxygen atoms in total. The number of carboxylic acids is 1. The predicted octanol–water partition coefficient (Wildman–Crippen LogP) is -0.964. The van der Waals surface area contributed by atoms with Gasteiger partial charge in [-0.15, -0.1) is 0 Å². The van der Waals surface area contributed by atoms with Crippen LogP contribution < -0.4 is 16.2 Å². The van der Waals surface area contributed by atoms with Crippen LogP contribution in [0, 0.1) is 0 Å². The number of aliphatic hydroxyl groups is 2. The van der Waals surface area contributed by atoms with Gasteiger partial charge in [-0.25, -0.2) is 4.79 Å². The molecule has 0 aliphatic heterocycles. The zero-order valence-electron chi connectivity index (χ0n) is 12.6. The van der Waals surface area contributed by atoms with Crippen molar-refractivity contribution in [3.8, 4) is 0 Å². The first-order chi connectivity index (χ1) is 11.4. The quantitative estimate of drug-likeness (QED) is 0.530. The normalized spacial score (nSPS) is 20.2. The van der Waals surface area contributed by atoms with E-state index in [0.29, 0.717) is 10.9 Å². The van der Waals surface area contributed by atoms with Crippen LogP contribution in [0.5, 0.6) is 0 Å². The number of furan rings is 1. The third kappa shape index (κ3) is 1.73. The number of aliphatic carboxylic acids is 1. The highest BCUT2D eigenvalue weighted by atomic mass is 16.4. The van der Waals surface area contributed by atoms with Gasteiger partial charge in [0.2, 0.25) is 0 Å². The summed E-state index contributed by atoms with van der Waals surface area (Å²) in [7, 11) is 1.59. The SMILES string of the molecule is Cn1c(=O)c2c3c(oc2c2ccccc21)=CC(O)C(O)C=3C(=O)O. The van der Waals surface area contributed by atoms with Gasteiger partial charge in [-0.1, -0.05) is 12.1 Å². The molecule has 0 bridgehead atoms. The third-order valence-electron chi connectivity index (χ3n) is 4.41. The molecule has 2 aromatic heterocycles. The van der Waals surface area contributed by atoms with Gasteiger partial charge in [0, 0.05) is 17.7 Å². The van der Waals surface area contributed by atoms with Gasteiger partial charge in [0.1, 0.15) is 23.2 Å². The van der Waals surface area contributed by atoms with E-state index in [1.54, 1.807) is 31.3 Å². The number of pyridine rings is 1. The lowest BCUT2D eigenvalue weighted by atomic mass is 9.96. The zero-order chi connectivity index (χ0) is 17.2. The Hall–Kier alpha value is -2.90. The molecule has 1 aromatic carbocycles. The maximum Gasteiger partial charge on any atom is 0.335 e. The summed E-state index contributed by atoms with van der Waals surface area (Å²) in [4.78, 5) is 24.4. The summed E-state index contributed by atoms with van der Waals surface area (Å²) < 4.78 is 7.12. The molecule has 3 aromatic rings. The van der Waals surface area contributed by atoms with Crippen LogP contribution in [-0.2, 0) is 11.8 Å². The molecule has 1 aliphatic rings. The van der Waals surface area contributed by atoms with Crippen molar-refractivity contribution in [1.29, 1.82) is 0 Å². The van der Waals surface area contributed by atoms with E-state index in [1.165, 1.54) is 10.6 Å². The van der Waals surface area contributed by atoms with E-state index in [-0.39, 0.29) is 21.6 Å². The lowest BCUT2D eigenvalue weighted by Gasteiger charge is -2.17. The molecule has 0 radical (unpaired) electrons. The topological polar surface area (TPSA) is 113 Å². The average molecular weight is 327 g/mol. The van der Waals surface area contributed by atoms with Crippen LogP contribution in [0.3, 0.4) is 0 Å². The number of rotatable bonds is 1. The van der Waals surface area contributed by atoms with Crippen molar-refractivity contribution >= 4 is 39.5 Å². The smallest absolute Gasteiger partial charge is 0.335 e. The van der Waals surface area contributed by atoms with Crippen LogP contribution in [0.4, 0.5) is 0 Å². The van der Waals surface area contributed by atoms with Gasteiger partial charge < -0.3 is 24.3 Å². The molecule has 7 heteroatoms. The number of carboxylic acid groups (broad SMARTS) is 1. The second kappa shape index (κ2) is 4.80. The minimum Gasteiger partial charge on any atom is -0.478 e. The van der Waals surface area contributed by atoms with Crippen molar-refractivity contribution in [3.05, 3.63) is 45.3 Å². The molecule has 4 rings (SSSR count). The summed E-state index contributed by atoms with van der Waals surface area (Å²) in [5.41, 5.74) is 0.0956. The Balaban J connectivity index is 2.41. The van der Waals surface area contributed by atoms with E-state index < -0.39 is 29.3 Å². The highest BCUT2D eigenvalue weighted by Crippen LogP contribution is 2.21. The molecule has 3 N–H and O–H groups in total. The lowest BCUT2D eigenvalue weighted by Crippen LogP contribution is -2.44. The number of nitrogens with zero attached hydrogens (tertiary/aromatic N) is 1. The Labute approximate surface area is 134 Å². The van der Waals surface area contributed by atoms with Gasteiger partial charge in [-0.2, -0.15) is 0 Å². The van der Waals surface area contributed by atoms with Crippen LogP contribution in [0.25, 0.3) is 33.5 Å². The number of aliphatic hydroxyl groups excluding tert-OH is 2. The monoisotopic (exact) mass is 327 g/mol. The number of fused-ring (bicyclic) bond motifs is 5. The Morgan fingerprint density at radius 2 is 1.96 bits per heavy atom. The van der Waals surface area contributed by atoms with E-state index in [2.05, 4.69) is 0 Å². The first kappa shape index (κ1) is 14.7. The Bertz CT molecular complexity index is 1200. The van der Waals surface area contributed by atoms with Gasteiger partial charge >= 0.3 is 5.97 Å². The molecule has 2 unspecified atom stereocenters. The molecular formula is C17H13NO6. The van der Waals surface area contributed by atoms with E-state index in [1.807, 2.05) is 0 Å². The number of carbonyl (C=O) groups is 1. The lowest BCUT2D eigenvalue weighted by molar-refractivity contribution is -0.131. The highest BCUT2D eigenvalue weighted by Gasteiger charge is 2.31. The minimum absolute atomic E-state index is 0.0293. The van der Waals surface area contributed by atoms with Gasteiger partial charge in [-0.05, 0) is 18.2 Å². The Kier molecular flexibility index (Phi) is 2.93. The molecule has 24 heavy (non-hydrogen) atoms. The summed E-state index contributed by atoms with van der Waals surface area (Å²) in [5, 5.41) is 30.1. The van der Waals surface area contributed by atoms with Crippen molar-refractivity contribution in [2.45, 2.75) is 12.2 Å². The predicted molar refractivity (Wildman–Crippen MR) is 85.7 cm³/mol. The van der Waals surface area contributed by atoms with Crippen LogP contribution in [-0.4, -0.2) is 38.1 Å². The molecule has 0 spiro atoms. The summed E-state index contributed by atoms with van der Waals surface area (Å²) in [6, 6.07) is 7.08. The Morgan fingerprint density at radius 3 is 2.67 bits per heavy atom. The number of para-hydroxylation sites is 1. The van der Waals surface area contributed by atoms with Gasteiger partial charge in [0.05, 0.1) is 16.5 Å². The van der Waals surface area contributed by atoms with Crippen LogP contribution in [0.15, 0.2) is 33.5 Å². The van der Waals surface area contributed by atoms with Gasteiger partial charge in [-0.3, -0.25) is 4.79 Å². The van der Waals surface area contributed by atoms with Gasteiger partial charge in [0.15, 0.2) is 0 Å². The van der Waals surface area contributed by atoms with E-state index >= 15 is 0 Å². The molecular weight excluding hydrogens is 314 g/mol. The van der Waals surface area contributed by atoms with Crippen LogP contribution >= 0.6 is 0 Å². The van der Waals surface area contributed by atoms with Gasteiger partial charge in [0.25, 0.3) is 5.56 Å². The number of aryl methyl sites for hydroxylation is 1. The fourth-order valence-electron chi connectivity index (χ4n) is 3.26. The average Bonchev–Trinajstić information content (AvgIpc) is 2.92. The molecule has 0 saturated carbocycles. The van der Waals surface area contributed by atoms with E-state index in [9.17, 15) is 24.9 Å². The zero-order valence-corrected chi connectivity index (χ0v) is 12.6. The van der Waals surface area contributed by atoms with Crippen LogP contribution in [0.1, 0.15) is 0 Å². The summed E-state index contributed by atoms with van der Waals surface area (Å²) >= 11 is 0. The third-order valence-corrected chi connectivity index (χ3v) is 4.41. The summed E-state index contributed by atoms with van der Waals surface area (Å²) in [6.07, 6.45) is -1.83. The first-order valence-electron chi connectivity index (χ1n) is 7.27. The first-order valence-corrected chi connectivity index (χ1v) is 7.27. The number of hydrogen-bond acceptors (Lipinski definition) is 5. The number of benzene rings is 1. The van der Waals surface area contributed by atoms with Crippen LogP contribution in [0.2, 0.25) is 0 Å². The molecule has 2 heterocycles. The molecule has 2 atom stereocenters. The number of aromatic nitrogens is 1. The maximum absolute atomic E-state index is 12.8. The fraction of sp³-hybridized carbons (Fsp3) is 0.176. The highest BCUT2D eigenvalue weighted by molar-refractivity contribution is 6.13. The Morgan fingerprint density at radius 1 is 1.25 bits per heavy atom. The molecule has 1 aliphatic carbocycles. The maximum atomic E-state index is 12.8. The van der Waals surface area contributed by atoms with Crippen molar-refractivity contribution < 1.29 is 24.5 Å². The van der Waals surface area contributed by atoms with E-state index in [4.69, 9.17) is 4.42 Å². The van der Waals surface area contributed by atoms with E-state index in [0.717, 1.165) is 0 Å². The summed E-state index contributed by atoms with van der Waals surface area (Å²) in [6.45, 7) is 0. The molecule has 0 fully saturated rings. The molecule has 0 saturated heterocycles.